The smallest absolute Gasteiger partial charge is 0.242 e. The molecule has 0 aliphatic carbocycles. The second kappa shape index (κ2) is 10.4. The van der Waals surface area contributed by atoms with Gasteiger partial charge < -0.3 is 9.80 Å². The average Bonchev–Trinajstić information content (AvgIpc) is 2.85. The van der Waals surface area contributed by atoms with Crippen LogP contribution in [0, 0.1) is 0 Å². The minimum absolute atomic E-state index is 0.0738. The number of amides is 2. The maximum atomic E-state index is 13.1. The van der Waals surface area contributed by atoms with Crippen LogP contribution in [0.3, 0.4) is 0 Å². The van der Waals surface area contributed by atoms with E-state index in [9.17, 15) is 18.0 Å². The van der Waals surface area contributed by atoms with E-state index in [4.69, 9.17) is 11.6 Å². The number of benzene rings is 3. The molecule has 0 saturated carbocycles. The van der Waals surface area contributed by atoms with Gasteiger partial charge in [-0.25, -0.2) is 8.42 Å². The minimum Gasteiger partial charge on any atom is -0.337 e. The highest BCUT2D eigenvalue weighted by molar-refractivity contribution is 7.89. The van der Waals surface area contributed by atoms with Gasteiger partial charge in [0.15, 0.2) is 0 Å². The predicted molar refractivity (Wildman–Crippen MR) is 137 cm³/mol. The van der Waals surface area contributed by atoms with Gasteiger partial charge in [0.05, 0.1) is 17.5 Å². The molecule has 1 N–H and O–H groups in total. The van der Waals surface area contributed by atoms with Crippen molar-refractivity contribution < 1.29 is 18.0 Å². The number of nitrogens with one attached hydrogen (secondary N) is 1. The molecule has 3 aromatic rings. The summed E-state index contributed by atoms with van der Waals surface area (Å²) >= 11 is 6.01. The van der Waals surface area contributed by atoms with Gasteiger partial charge in [-0.3, -0.25) is 9.59 Å². The van der Waals surface area contributed by atoms with E-state index < -0.39 is 16.1 Å². The summed E-state index contributed by atoms with van der Waals surface area (Å²) < 4.78 is 28.7. The van der Waals surface area contributed by atoms with Crippen molar-refractivity contribution in [2.45, 2.75) is 36.7 Å². The normalized spacial score (nSPS) is 17.4. The molecule has 1 aliphatic rings. The molecule has 0 spiro atoms. The minimum atomic E-state index is -3.94. The van der Waals surface area contributed by atoms with Crippen LogP contribution in [0.5, 0.6) is 0 Å². The zero-order valence-electron chi connectivity index (χ0n) is 19.6. The number of rotatable bonds is 7. The van der Waals surface area contributed by atoms with Crippen LogP contribution in [-0.4, -0.2) is 56.2 Å². The highest BCUT2D eigenvalue weighted by Crippen LogP contribution is 2.24. The second-order valence-electron chi connectivity index (χ2n) is 8.82. The van der Waals surface area contributed by atoms with E-state index in [-0.39, 0.29) is 29.3 Å². The molecule has 1 aliphatic heterocycles. The van der Waals surface area contributed by atoms with Crippen molar-refractivity contribution >= 4 is 44.2 Å². The van der Waals surface area contributed by atoms with Crippen molar-refractivity contribution in [1.82, 2.24) is 14.5 Å². The summed E-state index contributed by atoms with van der Waals surface area (Å²) in [6, 6.07) is 18.5. The number of hydrogen-bond acceptors (Lipinski definition) is 4. The Labute approximate surface area is 210 Å². The van der Waals surface area contributed by atoms with Gasteiger partial charge in [-0.15, -0.1) is 0 Å². The van der Waals surface area contributed by atoms with Crippen LogP contribution in [0.4, 0.5) is 0 Å². The number of sulfonamides is 1. The SMILES string of the molecule is C[C@@H](c1ccccc1)N(C)C(=O)CN1CCC[C@H](NS(=O)(=O)c2ccc3cc(Cl)ccc3c2)C1=O. The summed E-state index contributed by atoms with van der Waals surface area (Å²) in [6.45, 7) is 2.24. The van der Waals surface area contributed by atoms with Crippen molar-refractivity contribution in [2.75, 3.05) is 20.1 Å². The van der Waals surface area contributed by atoms with Gasteiger partial charge in [-0.2, -0.15) is 4.72 Å². The Bertz CT molecular complexity index is 1350. The van der Waals surface area contributed by atoms with Gasteiger partial charge in [0, 0.05) is 18.6 Å². The maximum Gasteiger partial charge on any atom is 0.242 e. The number of nitrogens with zero attached hydrogens (tertiary/aromatic N) is 2. The van der Waals surface area contributed by atoms with Crippen molar-refractivity contribution in [3.05, 3.63) is 77.3 Å². The number of halogens is 1. The van der Waals surface area contributed by atoms with Crippen LogP contribution in [0.25, 0.3) is 10.8 Å². The first-order valence-electron chi connectivity index (χ1n) is 11.5. The number of carbonyl (C=O) groups excluding carboxylic acids is 2. The fourth-order valence-corrected chi connectivity index (χ4v) is 5.71. The third kappa shape index (κ3) is 5.66. The number of likely N-dealkylation sites (N-methyl/N-ethyl adjacent to an activating group) is 1. The van der Waals surface area contributed by atoms with Gasteiger partial charge in [0.25, 0.3) is 0 Å². The summed E-state index contributed by atoms with van der Waals surface area (Å²) in [6.07, 6.45) is 0.975. The number of piperidine rings is 1. The Kier molecular flexibility index (Phi) is 7.44. The van der Waals surface area contributed by atoms with E-state index in [2.05, 4.69) is 4.72 Å². The number of likely N-dealkylation sites (tertiary alicyclic amines) is 1. The Morgan fingerprint density at radius 2 is 1.80 bits per heavy atom. The maximum absolute atomic E-state index is 13.1. The molecule has 7 nitrogen and oxygen atoms in total. The van der Waals surface area contributed by atoms with Crippen LogP contribution in [0.1, 0.15) is 31.4 Å². The molecule has 9 heteroatoms. The molecule has 1 saturated heterocycles. The van der Waals surface area contributed by atoms with E-state index >= 15 is 0 Å². The summed E-state index contributed by atoms with van der Waals surface area (Å²) in [5.41, 5.74) is 0.997. The highest BCUT2D eigenvalue weighted by Gasteiger charge is 2.34. The van der Waals surface area contributed by atoms with Crippen molar-refractivity contribution in [3.8, 4) is 0 Å². The monoisotopic (exact) mass is 513 g/mol. The third-order valence-electron chi connectivity index (χ3n) is 6.49. The Hall–Kier alpha value is -2.94. The highest BCUT2D eigenvalue weighted by atomic mass is 35.5. The van der Waals surface area contributed by atoms with Gasteiger partial charge in [0.1, 0.15) is 6.04 Å². The van der Waals surface area contributed by atoms with Crippen molar-refractivity contribution in [2.24, 2.45) is 0 Å². The Morgan fingerprint density at radius 3 is 2.54 bits per heavy atom. The zero-order valence-corrected chi connectivity index (χ0v) is 21.2. The number of fused-ring (bicyclic) bond motifs is 1. The lowest BCUT2D eigenvalue weighted by Gasteiger charge is -2.34. The van der Waals surface area contributed by atoms with Gasteiger partial charge >= 0.3 is 0 Å². The molecule has 184 valence electrons. The topological polar surface area (TPSA) is 86.8 Å². The molecule has 35 heavy (non-hydrogen) atoms. The molecule has 0 unspecified atom stereocenters. The predicted octanol–water partition coefficient (Wildman–Crippen LogP) is 3.98. The lowest BCUT2D eigenvalue weighted by molar-refractivity contribution is -0.143. The second-order valence-corrected chi connectivity index (χ2v) is 11.0. The lowest BCUT2D eigenvalue weighted by Crippen LogP contribution is -2.54. The molecule has 0 bridgehead atoms. The fraction of sp³-hybridized carbons (Fsp3) is 0.308. The van der Waals surface area contributed by atoms with Crippen LogP contribution in [0.2, 0.25) is 5.02 Å². The average molecular weight is 514 g/mol. The van der Waals surface area contributed by atoms with Crippen LogP contribution < -0.4 is 4.72 Å². The molecule has 2 atom stereocenters. The first-order valence-corrected chi connectivity index (χ1v) is 13.3. The molecule has 3 aromatic carbocycles. The van der Waals surface area contributed by atoms with Crippen LogP contribution in [-0.2, 0) is 19.6 Å². The van der Waals surface area contributed by atoms with E-state index in [0.717, 1.165) is 16.3 Å². The number of carbonyl (C=O) groups is 2. The van der Waals surface area contributed by atoms with Gasteiger partial charge in [-0.1, -0.05) is 54.1 Å². The van der Waals surface area contributed by atoms with Crippen LogP contribution in [0.15, 0.2) is 71.6 Å². The summed E-state index contributed by atoms with van der Waals surface area (Å²) in [5, 5.41) is 2.12. The standard InChI is InChI=1S/C26H28ClN3O4S/c1-18(19-7-4-3-5-8-19)29(2)25(31)17-30-14-6-9-24(26(30)32)28-35(33,34)23-13-11-20-15-22(27)12-10-21(20)16-23/h3-5,7-8,10-13,15-16,18,24,28H,6,9,14,17H2,1-2H3/t18-,24-/m0/s1. The summed E-state index contributed by atoms with van der Waals surface area (Å²) in [5.74, 6) is -0.590. The van der Waals surface area contributed by atoms with E-state index in [1.54, 1.807) is 42.3 Å². The molecule has 0 aromatic heterocycles. The molecule has 2 amide bonds. The number of hydrogen-bond donors (Lipinski definition) is 1. The zero-order chi connectivity index (χ0) is 25.2. The first-order chi connectivity index (χ1) is 16.7. The Morgan fingerprint density at radius 1 is 1.11 bits per heavy atom. The van der Waals surface area contributed by atoms with E-state index in [0.29, 0.717) is 24.4 Å². The third-order valence-corrected chi connectivity index (χ3v) is 8.20. The van der Waals surface area contributed by atoms with E-state index in [1.165, 1.54) is 11.0 Å². The van der Waals surface area contributed by atoms with Crippen molar-refractivity contribution in [3.63, 3.8) is 0 Å². The molecular formula is C26H28ClN3O4S. The van der Waals surface area contributed by atoms with Gasteiger partial charge in [0.2, 0.25) is 21.8 Å². The van der Waals surface area contributed by atoms with Crippen LogP contribution >= 0.6 is 11.6 Å². The molecule has 1 heterocycles. The first kappa shape index (κ1) is 25.2. The molecule has 1 fully saturated rings. The largest absolute Gasteiger partial charge is 0.337 e. The summed E-state index contributed by atoms with van der Waals surface area (Å²) in [4.78, 5) is 29.1. The van der Waals surface area contributed by atoms with Gasteiger partial charge in [-0.05, 0) is 60.4 Å². The fourth-order valence-electron chi connectivity index (χ4n) is 4.27. The molecule has 0 radical (unpaired) electrons. The quantitative estimate of drug-likeness (QED) is 0.517. The molecular weight excluding hydrogens is 486 g/mol. The van der Waals surface area contributed by atoms with E-state index in [1.807, 2.05) is 37.3 Å². The Balaban J connectivity index is 1.44. The molecule has 4 rings (SSSR count). The lowest BCUT2D eigenvalue weighted by atomic mass is 10.1. The van der Waals surface area contributed by atoms with Crippen molar-refractivity contribution in [1.29, 1.82) is 0 Å². The summed E-state index contributed by atoms with van der Waals surface area (Å²) in [7, 11) is -2.23.